The fourth-order valence-corrected chi connectivity index (χ4v) is 2.55. The van der Waals surface area contributed by atoms with Gasteiger partial charge in [0.05, 0.1) is 20.2 Å². The second kappa shape index (κ2) is 9.43. The van der Waals surface area contributed by atoms with Crippen molar-refractivity contribution in [2.75, 3.05) is 13.7 Å². The molecule has 6 nitrogen and oxygen atoms in total. The highest BCUT2D eigenvalue weighted by Gasteiger charge is 2.07. The van der Waals surface area contributed by atoms with Crippen LogP contribution in [0.1, 0.15) is 18.2 Å². The highest BCUT2D eigenvalue weighted by atomic mass is 16.5. The van der Waals surface area contributed by atoms with Crippen molar-refractivity contribution in [3.8, 4) is 17.1 Å². The van der Waals surface area contributed by atoms with Crippen LogP contribution in [0.3, 0.4) is 0 Å². The number of aromatic nitrogens is 1. The Kier molecular flexibility index (Phi) is 6.46. The van der Waals surface area contributed by atoms with Gasteiger partial charge >= 0.3 is 0 Å². The highest BCUT2D eigenvalue weighted by Crippen LogP contribution is 2.19. The first-order valence-electron chi connectivity index (χ1n) is 8.94. The first-order chi connectivity index (χ1) is 13.3. The van der Waals surface area contributed by atoms with E-state index in [-0.39, 0.29) is 0 Å². The Labute approximate surface area is 159 Å². The minimum absolute atomic E-state index is 0.533. The number of guanidine groups is 1. The number of nitrogens with one attached hydrogen (secondary N) is 2. The molecule has 0 saturated carbocycles. The normalized spacial score (nSPS) is 11.3. The molecule has 27 heavy (non-hydrogen) atoms. The van der Waals surface area contributed by atoms with Gasteiger partial charge in [0.2, 0.25) is 0 Å². The standard InChI is InChI=1S/C21H24N4O2/c1-3-22-21(23-14-16-9-11-19(26-2)12-10-16)24-15-18-13-20(27-25-18)17-7-5-4-6-8-17/h4-13H,3,14-15H2,1-2H3,(H2,22,23,24). The lowest BCUT2D eigenvalue weighted by molar-refractivity contribution is 0.414. The maximum atomic E-state index is 5.43. The van der Waals surface area contributed by atoms with Crippen LogP contribution in [0.5, 0.6) is 5.75 Å². The molecular formula is C21H24N4O2. The first-order valence-corrected chi connectivity index (χ1v) is 8.94. The maximum Gasteiger partial charge on any atom is 0.191 e. The Bertz CT molecular complexity index is 857. The Morgan fingerprint density at radius 1 is 1.07 bits per heavy atom. The summed E-state index contributed by atoms with van der Waals surface area (Å²) in [6, 6.07) is 19.8. The van der Waals surface area contributed by atoms with E-state index < -0.39 is 0 Å². The van der Waals surface area contributed by atoms with Crippen molar-refractivity contribution >= 4 is 5.96 Å². The average molecular weight is 364 g/mol. The number of nitrogens with zero attached hydrogens (tertiary/aromatic N) is 2. The van der Waals surface area contributed by atoms with Gasteiger partial charge in [0, 0.05) is 18.2 Å². The third-order valence-electron chi connectivity index (χ3n) is 3.98. The van der Waals surface area contributed by atoms with Gasteiger partial charge in [-0.25, -0.2) is 4.99 Å². The molecule has 2 aromatic carbocycles. The number of hydrogen-bond donors (Lipinski definition) is 2. The van der Waals surface area contributed by atoms with Crippen LogP contribution >= 0.6 is 0 Å². The van der Waals surface area contributed by atoms with Gasteiger partial charge in [-0.1, -0.05) is 47.6 Å². The second-order valence-corrected chi connectivity index (χ2v) is 5.95. The summed E-state index contributed by atoms with van der Waals surface area (Å²) in [4.78, 5) is 4.61. The van der Waals surface area contributed by atoms with Crippen molar-refractivity contribution in [2.24, 2.45) is 4.99 Å². The highest BCUT2D eigenvalue weighted by molar-refractivity contribution is 5.79. The summed E-state index contributed by atoms with van der Waals surface area (Å²) in [7, 11) is 1.66. The number of hydrogen-bond acceptors (Lipinski definition) is 4. The molecule has 0 aliphatic carbocycles. The molecule has 0 amide bonds. The van der Waals surface area contributed by atoms with E-state index in [0.717, 1.165) is 40.8 Å². The Hall–Kier alpha value is -3.28. The van der Waals surface area contributed by atoms with Crippen molar-refractivity contribution in [3.63, 3.8) is 0 Å². The van der Waals surface area contributed by atoms with Crippen LogP contribution in [0.25, 0.3) is 11.3 Å². The maximum absolute atomic E-state index is 5.43. The molecule has 0 atom stereocenters. The lowest BCUT2D eigenvalue weighted by Crippen LogP contribution is -2.36. The summed E-state index contributed by atoms with van der Waals surface area (Å²) in [5, 5.41) is 10.7. The van der Waals surface area contributed by atoms with Crippen molar-refractivity contribution in [1.29, 1.82) is 0 Å². The summed E-state index contributed by atoms with van der Waals surface area (Å²) in [5.41, 5.74) is 2.95. The fourth-order valence-electron chi connectivity index (χ4n) is 2.55. The number of rotatable bonds is 7. The third kappa shape index (κ3) is 5.34. The molecule has 0 aliphatic rings. The second-order valence-electron chi connectivity index (χ2n) is 5.95. The van der Waals surface area contributed by atoms with Crippen LogP contribution in [0.2, 0.25) is 0 Å². The minimum Gasteiger partial charge on any atom is -0.497 e. The van der Waals surface area contributed by atoms with Gasteiger partial charge in [-0.05, 0) is 24.6 Å². The van der Waals surface area contributed by atoms with E-state index in [4.69, 9.17) is 9.26 Å². The Balaban J connectivity index is 1.60. The zero-order valence-electron chi connectivity index (χ0n) is 15.6. The van der Waals surface area contributed by atoms with Crippen LogP contribution in [0.4, 0.5) is 0 Å². The molecule has 0 fully saturated rings. The van der Waals surface area contributed by atoms with Gasteiger partial charge in [0.15, 0.2) is 11.7 Å². The van der Waals surface area contributed by atoms with Crippen molar-refractivity contribution in [1.82, 2.24) is 15.8 Å². The number of methoxy groups -OCH3 is 1. The average Bonchev–Trinajstić information content (AvgIpc) is 3.20. The molecule has 140 valence electrons. The molecule has 1 heterocycles. The van der Waals surface area contributed by atoms with Gasteiger partial charge in [0.1, 0.15) is 11.4 Å². The molecule has 0 unspecified atom stereocenters. The number of aliphatic imine (C=N–C) groups is 1. The Morgan fingerprint density at radius 2 is 1.85 bits per heavy atom. The summed E-state index contributed by atoms with van der Waals surface area (Å²) < 4.78 is 10.6. The summed E-state index contributed by atoms with van der Waals surface area (Å²) >= 11 is 0. The molecule has 1 aromatic heterocycles. The molecule has 3 aromatic rings. The molecule has 0 saturated heterocycles. The minimum atomic E-state index is 0.533. The predicted molar refractivity (Wildman–Crippen MR) is 107 cm³/mol. The largest absolute Gasteiger partial charge is 0.497 e. The van der Waals surface area contributed by atoms with Gasteiger partial charge < -0.3 is 19.9 Å². The van der Waals surface area contributed by atoms with Crippen molar-refractivity contribution in [2.45, 2.75) is 20.0 Å². The molecule has 0 radical (unpaired) electrons. The molecule has 0 aliphatic heterocycles. The quantitative estimate of drug-likeness (QED) is 0.495. The van der Waals surface area contributed by atoms with E-state index in [9.17, 15) is 0 Å². The van der Waals surface area contributed by atoms with E-state index in [2.05, 4.69) is 20.8 Å². The van der Waals surface area contributed by atoms with E-state index in [1.54, 1.807) is 7.11 Å². The van der Waals surface area contributed by atoms with Crippen LogP contribution in [0, 0.1) is 0 Å². The van der Waals surface area contributed by atoms with Crippen LogP contribution in [0.15, 0.2) is 70.2 Å². The van der Waals surface area contributed by atoms with Crippen LogP contribution in [-0.2, 0) is 13.1 Å². The fraction of sp³-hybridized carbons (Fsp3) is 0.238. The van der Waals surface area contributed by atoms with Gasteiger partial charge in [-0.2, -0.15) is 0 Å². The SMILES string of the molecule is CCNC(=NCc1ccc(OC)cc1)NCc1cc(-c2ccccc2)on1. The molecule has 2 N–H and O–H groups in total. The monoisotopic (exact) mass is 364 g/mol. The number of benzene rings is 2. The van der Waals surface area contributed by atoms with Gasteiger partial charge in [0.25, 0.3) is 0 Å². The topological polar surface area (TPSA) is 71.7 Å². The smallest absolute Gasteiger partial charge is 0.191 e. The zero-order valence-corrected chi connectivity index (χ0v) is 15.6. The summed E-state index contributed by atoms with van der Waals surface area (Å²) in [6.45, 7) is 3.93. The lowest BCUT2D eigenvalue weighted by Gasteiger charge is -2.10. The van der Waals surface area contributed by atoms with E-state index in [1.807, 2.05) is 67.6 Å². The summed E-state index contributed by atoms with van der Waals surface area (Å²) in [6.07, 6.45) is 0. The molecular weight excluding hydrogens is 340 g/mol. The zero-order chi connectivity index (χ0) is 18.9. The first kappa shape index (κ1) is 18.5. The van der Waals surface area contributed by atoms with Gasteiger partial charge in [-0.15, -0.1) is 0 Å². The molecule has 3 rings (SSSR count). The molecule has 0 bridgehead atoms. The van der Waals surface area contributed by atoms with Gasteiger partial charge in [-0.3, -0.25) is 0 Å². The van der Waals surface area contributed by atoms with E-state index >= 15 is 0 Å². The third-order valence-corrected chi connectivity index (χ3v) is 3.98. The van der Waals surface area contributed by atoms with E-state index in [0.29, 0.717) is 13.1 Å². The van der Waals surface area contributed by atoms with Crippen molar-refractivity contribution in [3.05, 3.63) is 71.9 Å². The predicted octanol–water partition coefficient (Wildman–Crippen LogP) is 3.61. The van der Waals surface area contributed by atoms with Crippen molar-refractivity contribution < 1.29 is 9.26 Å². The molecule has 6 heteroatoms. The van der Waals surface area contributed by atoms with E-state index in [1.165, 1.54) is 0 Å². The lowest BCUT2D eigenvalue weighted by atomic mass is 10.2. The Morgan fingerprint density at radius 3 is 2.56 bits per heavy atom. The summed E-state index contributed by atoms with van der Waals surface area (Å²) in [5.74, 6) is 2.33. The molecule has 0 spiro atoms. The van der Waals surface area contributed by atoms with Crippen LogP contribution < -0.4 is 15.4 Å². The van der Waals surface area contributed by atoms with Crippen LogP contribution in [-0.4, -0.2) is 24.8 Å². The number of ether oxygens (including phenoxy) is 1.